The standard InChI is InChI=1S/C13H10N4O2/c1-7-2-3-8(5-14-7)11-16-10-4-9(13(18)19)6-15-12(10)17-11/h2-6H,1H3,(H,18,19)(H,15,16,17). The zero-order chi connectivity index (χ0) is 13.4. The zero-order valence-corrected chi connectivity index (χ0v) is 10.1. The van der Waals surface area contributed by atoms with Crippen LogP contribution in [0.4, 0.5) is 0 Å². The fourth-order valence-electron chi connectivity index (χ4n) is 1.76. The molecule has 3 rings (SSSR count). The largest absolute Gasteiger partial charge is 0.478 e. The van der Waals surface area contributed by atoms with Crippen LogP contribution in [0.1, 0.15) is 16.1 Å². The number of nitrogens with zero attached hydrogens (tertiary/aromatic N) is 3. The number of aromatic nitrogens is 4. The Morgan fingerprint density at radius 1 is 1.26 bits per heavy atom. The maximum Gasteiger partial charge on any atom is 0.337 e. The number of rotatable bonds is 2. The Labute approximate surface area is 108 Å². The van der Waals surface area contributed by atoms with Crippen molar-refractivity contribution in [3.8, 4) is 11.4 Å². The summed E-state index contributed by atoms with van der Waals surface area (Å²) >= 11 is 0. The number of pyridine rings is 2. The number of imidazole rings is 1. The van der Waals surface area contributed by atoms with Gasteiger partial charge in [-0.1, -0.05) is 0 Å². The van der Waals surface area contributed by atoms with Crippen molar-refractivity contribution in [3.63, 3.8) is 0 Å². The van der Waals surface area contributed by atoms with Crippen molar-refractivity contribution in [1.82, 2.24) is 19.9 Å². The molecule has 2 N–H and O–H groups in total. The molecule has 3 aromatic heterocycles. The van der Waals surface area contributed by atoms with Gasteiger partial charge in [0.15, 0.2) is 5.65 Å². The van der Waals surface area contributed by atoms with Gasteiger partial charge in [0.05, 0.1) is 11.1 Å². The lowest BCUT2D eigenvalue weighted by Crippen LogP contribution is -1.96. The zero-order valence-electron chi connectivity index (χ0n) is 10.1. The molecule has 0 aliphatic carbocycles. The number of carbonyl (C=O) groups is 1. The highest BCUT2D eigenvalue weighted by molar-refractivity contribution is 5.91. The summed E-state index contributed by atoms with van der Waals surface area (Å²) in [6, 6.07) is 5.31. The molecule has 6 nitrogen and oxygen atoms in total. The van der Waals surface area contributed by atoms with Crippen LogP contribution in [0.2, 0.25) is 0 Å². The summed E-state index contributed by atoms with van der Waals surface area (Å²) < 4.78 is 0. The number of hydrogen-bond donors (Lipinski definition) is 2. The van der Waals surface area contributed by atoms with Crippen LogP contribution in [-0.4, -0.2) is 31.0 Å². The van der Waals surface area contributed by atoms with Gasteiger partial charge in [0, 0.05) is 23.7 Å². The van der Waals surface area contributed by atoms with E-state index < -0.39 is 5.97 Å². The SMILES string of the molecule is Cc1ccc(-c2nc3ncc(C(=O)O)cc3[nH]2)cn1. The second-order valence-corrected chi connectivity index (χ2v) is 4.17. The van der Waals surface area contributed by atoms with E-state index in [0.717, 1.165) is 11.3 Å². The lowest BCUT2D eigenvalue weighted by Gasteiger charge is -1.95. The predicted octanol–water partition coefficient (Wildman–Crippen LogP) is 2.03. The number of carboxylic acid groups (broad SMARTS) is 1. The Bertz CT molecular complexity index is 762. The third-order valence-corrected chi connectivity index (χ3v) is 2.77. The van der Waals surface area contributed by atoms with Crippen molar-refractivity contribution in [3.05, 3.63) is 41.9 Å². The second-order valence-electron chi connectivity index (χ2n) is 4.17. The molecular weight excluding hydrogens is 244 g/mol. The lowest BCUT2D eigenvalue weighted by atomic mass is 10.2. The van der Waals surface area contributed by atoms with Crippen molar-refractivity contribution in [1.29, 1.82) is 0 Å². The summed E-state index contributed by atoms with van der Waals surface area (Å²) in [5, 5.41) is 8.91. The number of fused-ring (bicyclic) bond motifs is 1. The Morgan fingerprint density at radius 2 is 2.11 bits per heavy atom. The molecule has 0 atom stereocenters. The number of H-pyrrole nitrogens is 1. The van der Waals surface area contributed by atoms with Crippen LogP contribution < -0.4 is 0 Å². The van der Waals surface area contributed by atoms with E-state index in [1.54, 1.807) is 6.20 Å². The van der Waals surface area contributed by atoms with E-state index in [4.69, 9.17) is 5.11 Å². The van der Waals surface area contributed by atoms with E-state index >= 15 is 0 Å². The van der Waals surface area contributed by atoms with Gasteiger partial charge in [-0.05, 0) is 25.1 Å². The number of hydrogen-bond acceptors (Lipinski definition) is 4. The van der Waals surface area contributed by atoms with Gasteiger partial charge < -0.3 is 10.1 Å². The molecule has 94 valence electrons. The number of carboxylic acids is 1. The third kappa shape index (κ3) is 2.03. The molecule has 6 heteroatoms. The van der Waals surface area contributed by atoms with E-state index in [0.29, 0.717) is 17.0 Å². The molecule has 0 saturated carbocycles. The summed E-state index contributed by atoms with van der Waals surface area (Å²) in [4.78, 5) is 26.5. The summed E-state index contributed by atoms with van der Waals surface area (Å²) in [6.45, 7) is 1.91. The van der Waals surface area contributed by atoms with Gasteiger partial charge in [0.2, 0.25) is 0 Å². The summed E-state index contributed by atoms with van der Waals surface area (Å²) in [7, 11) is 0. The average Bonchev–Trinajstić information content (AvgIpc) is 2.82. The van der Waals surface area contributed by atoms with E-state index in [-0.39, 0.29) is 5.56 Å². The Balaban J connectivity index is 2.11. The molecule has 0 aliphatic heterocycles. The van der Waals surface area contributed by atoms with Crippen molar-refractivity contribution in [2.75, 3.05) is 0 Å². The molecule has 0 bridgehead atoms. The Kier molecular flexibility index (Phi) is 2.49. The highest BCUT2D eigenvalue weighted by Gasteiger charge is 2.10. The first kappa shape index (κ1) is 11.3. The quantitative estimate of drug-likeness (QED) is 0.730. The second kappa shape index (κ2) is 4.16. The van der Waals surface area contributed by atoms with E-state index in [1.165, 1.54) is 12.3 Å². The molecule has 0 fully saturated rings. The van der Waals surface area contributed by atoms with E-state index in [9.17, 15) is 4.79 Å². The molecule has 19 heavy (non-hydrogen) atoms. The van der Waals surface area contributed by atoms with Crippen LogP contribution in [-0.2, 0) is 0 Å². The van der Waals surface area contributed by atoms with Crippen LogP contribution in [0.15, 0.2) is 30.6 Å². The molecule has 0 saturated heterocycles. The normalized spacial score (nSPS) is 10.8. The fraction of sp³-hybridized carbons (Fsp3) is 0.0769. The molecule has 0 amide bonds. The summed E-state index contributed by atoms with van der Waals surface area (Å²) in [6.07, 6.45) is 3.01. The first-order valence-corrected chi connectivity index (χ1v) is 5.65. The first-order valence-electron chi connectivity index (χ1n) is 5.65. The fourth-order valence-corrected chi connectivity index (χ4v) is 1.76. The van der Waals surface area contributed by atoms with Crippen LogP contribution in [0.3, 0.4) is 0 Å². The van der Waals surface area contributed by atoms with Gasteiger partial charge in [-0.2, -0.15) is 0 Å². The maximum absolute atomic E-state index is 10.9. The van der Waals surface area contributed by atoms with Gasteiger partial charge in [0.25, 0.3) is 0 Å². The molecule has 0 unspecified atom stereocenters. The first-order chi connectivity index (χ1) is 9.13. The van der Waals surface area contributed by atoms with Crippen molar-refractivity contribution < 1.29 is 9.90 Å². The van der Waals surface area contributed by atoms with Crippen molar-refractivity contribution in [2.45, 2.75) is 6.92 Å². The van der Waals surface area contributed by atoms with E-state index in [2.05, 4.69) is 19.9 Å². The van der Waals surface area contributed by atoms with Crippen molar-refractivity contribution >= 4 is 17.1 Å². The van der Waals surface area contributed by atoms with Gasteiger partial charge in [-0.15, -0.1) is 0 Å². The van der Waals surface area contributed by atoms with Crippen LogP contribution >= 0.6 is 0 Å². The van der Waals surface area contributed by atoms with Gasteiger partial charge >= 0.3 is 5.97 Å². The topological polar surface area (TPSA) is 91.8 Å². The number of aromatic carboxylic acids is 1. The Hall–Kier alpha value is -2.76. The summed E-state index contributed by atoms with van der Waals surface area (Å²) in [5.74, 6) is -0.389. The molecule has 0 aromatic carbocycles. The molecular formula is C13H10N4O2. The summed E-state index contributed by atoms with van der Waals surface area (Å²) in [5.41, 5.74) is 2.97. The smallest absolute Gasteiger partial charge is 0.337 e. The number of aromatic amines is 1. The number of aryl methyl sites for hydroxylation is 1. The van der Waals surface area contributed by atoms with E-state index in [1.807, 2.05) is 19.1 Å². The molecule has 0 spiro atoms. The molecule has 3 heterocycles. The molecule has 3 aromatic rings. The minimum absolute atomic E-state index is 0.129. The highest BCUT2D eigenvalue weighted by Crippen LogP contribution is 2.19. The van der Waals surface area contributed by atoms with Gasteiger partial charge in [-0.3, -0.25) is 4.98 Å². The van der Waals surface area contributed by atoms with Gasteiger partial charge in [0.1, 0.15) is 5.82 Å². The molecule has 0 radical (unpaired) electrons. The van der Waals surface area contributed by atoms with Crippen LogP contribution in [0, 0.1) is 6.92 Å². The highest BCUT2D eigenvalue weighted by atomic mass is 16.4. The van der Waals surface area contributed by atoms with Crippen LogP contribution in [0.25, 0.3) is 22.6 Å². The van der Waals surface area contributed by atoms with Crippen molar-refractivity contribution in [2.24, 2.45) is 0 Å². The van der Waals surface area contributed by atoms with Gasteiger partial charge in [-0.25, -0.2) is 14.8 Å². The predicted molar refractivity (Wildman–Crippen MR) is 68.8 cm³/mol. The minimum atomic E-state index is -1.01. The monoisotopic (exact) mass is 254 g/mol. The number of nitrogens with one attached hydrogen (secondary N) is 1. The lowest BCUT2D eigenvalue weighted by molar-refractivity contribution is 0.0696. The van der Waals surface area contributed by atoms with Crippen LogP contribution in [0.5, 0.6) is 0 Å². The Morgan fingerprint density at radius 3 is 2.79 bits per heavy atom. The average molecular weight is 254 g/mol. The third-order valence-electron chi connectivity index (χ3n) is 2.77. The maximum atomic E-state index is 10.9. The minimum Gasteiger partial charge on any atom is -0.478 e. The molecule has 0 aliphatic rings.